The van der Waals surface area contributed by atoms with Crippen LogP contribution in [0, 0.1) is 6.92 Å². The number of nitrogens with zero attached hydrogens (tertiary/aromatic N) is 2. The van der Waals surface area contributed by atoms with Crippen LogP contribution in [0.3, 0.4) is 0 Å². The third kappa shape index (κ3) is 5.09. The highest BCUT2D eigenvalue weighted by atomic mass is 35.5. The van der Waals surface area contributed by atoms with E-state index in [0.717, 1.165) is 42.0 Å². The summed E-state index contributed by atoms with van der Waals surface area (Å²) in [6.07, 6.45) is 0. The SMILES string of the molecule is Cc1ccc(Cl)cc1N1CCN(C(=O)CSCc2ccc(Cl)cc2)CC1. The topological polar surface area (TPSA) is 23.6 Å². The van der Waals surface area contributed by atoms with E-state index in [4.69, 9.17) is 23.2 Å². The molecule has 3 nitrogen and oxygen atoms in total. The lowest BCUT2D eigenvalue weighted by molar-refractivity contribution is -0.128. The Hall–Kier alpha value is -1.36. The molecule has 1 amide bonds. The van der Waals surface area contributed by atoms with E-state index in [1.54, 1.807) is 11.8 Å². The predicted octanol–water partition coefficient (Wildman–Crippen LogP) is 4.88. The van der Waals surface area contributed by atoms with Crippen LogP contribution in [0.1, 0.15) is 11.1 Å². The van der Waals surface area contributed by atoms with Gasteiger partial charge in [-0.15, -0.1) is 11.8 Å². The maximum atomic E-state index is 12.5. The van der Waals surface area contributed by atoms with Crippen LogP contribution in [0.2, 0.25) is 10.0 Å². The first-order chi connectivity index (χ1) is 12.5. The highest BCUT2D eigenvalue weighted by Gasteiger charge is 2.22. The van der Waals surface area contributed by atoms with Crippen molar-refractivity contribution >= 4 is 46.6 Å². The quantitative estimate of drug-likeness (QED) is 0.703. The van der Waals surface area contributed by atoms with Gasteiger partial charge >= 0.3 is 0 Å². The Balaban J connectivity index is 1.46. The van der Waals surface area contributed by atoms with Crippen molar-refractivity contribution in [1.29, 1.82) is 0 Å². The van der Waals surface area contributed by atoms with E-state index >= 15 is 0 Å². The van der Waals surface area contributed by atoms with Crippen LogP contribution in [0.25, 0.3) is 0 Å². The van der Waals surface area contributed by atoms with E-state index in [1.807, 2.05) is 47.4 Å². The lowest BCUT2D eigenvalue weighted by atomic mass is 10.1. The van der Waals surface area contributed by atoms with Gasteiger partial charge in [0.15, 0.2) is 0 Å². The largest absolute Gasteiger partial charge is 0.368 e. The Morgan fingerprint density at radius 1 is 1.00 bits per heavy atom. The fourth-order valence-corrected chi connectivity index (χ4v) is 4.23. The maximum absolute atomic E-state index is 12.5. The van der Waals surface area contributed by atoms with Gasteiger partial charge in [-0.3, -0.25) is 4.79 Å². The summed E-state index contributed by atoms with van der Waals surface area (Å²) in [6, 6.07) is 13.8. The normalized spacial score (nSPS) is 14.6. The van der Waals surface area contributed by atoms with Crippen LogP contribution in [-0.2, 0) is 10.5 Å². The van der Waals surface area contributed by atoms with Crippen molar-refractivity contribution < 1.29 is 4.79 Å². The molecule has 0 bridgehead atoms. The second-order valence-corrected chi connectivity index (χ2v) is 8.28. The molecule has 1 heterocycles. The van der Waals surface area contributed by atoms with E-state index in [2.05, 4.69) is 11.8 Å². The van der Waals surface area contributed by atoms with Gasteiger partial charge in [-0.1, -0.05) is 41.4 Å². The van der Waals surface area contributed by atoms with Crippen molar-refractivity contribution in [3.8, 4) is 0 Å². The smallest absolute Gasteiger partial charge is 0.232 e. The molecule has 6 heteroatoms. The summed E-state index contributed by atoms with van der Waals surface area (Å²) in [4.78, 5) is 16.7. The minimum atomic E-state index is 0.214. The second kappa shape index (κ2) is 9.03. The average Bonchev–Trinajstić information content (AvgIpc) is 2.65. The van der Waals surface area contributed by atoms with Crippen molar-refractivity contribution in [2.45, 2.75) is 12.7 Å². The zero-order valence-electron chi connectivity index (χ0n) is 14.8. The first-order valence-corrected chi connectivity index (χ1v) is 10.5. The minimum Gasteiger partial charge on any atom is -0.368 e. The number of carbonyl (C=O) groups is 1. The number of aryl methyl sites for hydroxylation is 1. The number of halogens is 2. The van der Waals surface area contributed by atoms with Crippen molar-refractivity contribution in [3.63, 3.8) is 0 Å². The van der Waals surface area contributed by atoms with Crippen LogP contribution in [0.5, 0.6) is 0 Å². The summed E-state index contributed by atoms with van der Waals surface area (Å²) in [5, 5.41) is 1.49. The number of carbonyl (C=O) groups excluding carboxylic acids is 1. The molecule has 0 spiro atoms. The van der Waals surface area contributed by atoms with Crippen molar-refractivity contribution in [3.05, 3.63) is 63.6 Å². The highest BCUT2D eigenvalue weighted by molar-refractivity contribution is 7.99. The van der Waals surface area contributed by atoms with E-state index in [1.165, 1.54) is 16.8 Å². The monoisotopic (exact) mass is 408 g/mol. The fourth-order valence-electron chi connectivity index (χ4n) is 3.05. The Morgan fingerprint density at radius 3 is 2.35 bits per heavy atom. The summed E-state index contributed by atoms with van der Waals surface area (Å²) in [5.41, 5.74) is 3.57. The zero-order valence-corrected chi connectivity index (χ0v) is 17.1. The van der Waals surface area contributed by atoms with E-state index in [9.17, 15) is 4.79 Å². The molecule has 1 aliphatic rings. The van der Waals surface area contributed by atoms with Gasteiger partial charge < -0.3 is 9.80 Å². The molecule has 0 radical (unpaired) electrons. The Labute approximate surface area is 169 Å². The molecule has 1 fully saturated rings. The Kier molecular flexibility index (Phi) is 6.74. The van der Waals surface area contributed by atoms with Crippen LogP contribution < -0.4 is 4.90 Å². The molecule has 1 aliphatic heterocycles. The van der Waals surface area contributed by atoms with Crippen molar-refractivity contribution in [2.24, 2.45) is 0 Å². The molecule has 0 saturated carbocycles. The number of hydrogen-bond acceptors (Lipinski definition) is 3. The van der Waals surface area contributed by atoms with Gasteiger partial charge in [0.2, 0.25) is 5.91 Å². The Bertz CT molecular complexity index is 759. The van der Waals surface area contributed by atoms with E-state index < -0.39 is 0 Å². The van der Waals surface area contributed by atoms with Crippen LogP contribution >= 0.6 is 35.0 Å². The number of hydrogen-bond donors (Lipinski definition) is 0. The van der Waals surface area contributed by atoms with Crippen LogP contribution in [0.4, 0.5) is 5.69 Å². The van der Waals surface area contributed by atoms with Gasteiger partial charge in [-0.2, -0.15) is 0 Å². The third-order valence-electron chi connectivity index (χ3n) is 4.55. The standard InChI is InChI=1S/C20H22Cl2N2OS/c1-15-2-5-18(22)12-19(15)23-8-10-24(11-9-23)20(25)14-26-13-16-3-6-17(21)7-4-16/h2-7,12H,8-11,13-14H2,1H3. The summed E-state index contributed by atoms with van der Waals surface area (Å²) < 4.78 is 0. The second-order valence-electron chi connectivity index (χ2n) is 6.42. The molecule has 26 heavy (non-hydrogen) atoms. The summed E-state index contributed by atoms with van der Waals surface area (Å²) in [6.45, 7) is 5.29. The number of piperazine rings is 1. The summed E-state index contributed by atoms with van der Waals surface area (Å²) in [5.74, 6) is 1.55. The lowest BCUT2D eigenvalue weighted by Gasteiger charge is -2.37. The number of anilines is 1. The molecular formula is C20H22Cl2N2OS. The van der Waals surface area contributed by atoms with Gasteiger partial charge in [0, 0.05) is 47.7 Å². The molecule has 138 valence electrons. The first-order valence-electron chi connectivity index (χ1n) is 8.64. The third-order valence-corrected chi connectivity index (χ3v) is 6.03. The van der Waals surface area contributed by atoms with Gasteiger partial charge in [-0.25, -0.2) is 0 Å². The predicted molar refractivity (Wildman–Crippen MR) is 113 cm³/mol. The minimum absolute atomic E-state index is 0.214. The van der Waals surface area contributed by atoms with Crippen LogP contribution in [0.15, 0.2) is 42.5 Å². The molecule has 0 aromatic heterocycles. The zero-order chi connectivity index (χ0) is 18.5. The van der Waals surface area contributed by atoms with Gasteiger partial charge in [-0.05, 0) is 42.3 Å². The average molecular weight is 409 g/mol. The molecule has 0 aliphatic carbocycles. The van der Waals surface area contributed by atoms with E-state index in [-0.39, 0.29) is 5.91 Å². The molecular weight excluding hydrogens is 387 g/mol. The summed E-state index contributed by atoms with van der Waals surface area (Å²) >= 11 is 13.7. The molecule has 2 aromatic rings. The molecule has 0 unspecified atom stereocenters. The van der Waals surface area contributed by atoms with Crippen molar-refractivity contribution in [1.82, 2.24) is 4.90 Å². The number of rotatable bonds is 5. The van der Waals surface area contributed by atoms with Crippen molar-refractivity contribution in [2.75, 3.05) is 36.8 Å². The fraction of sp³-hybridized carbons (Fsp3) is 0.350. The Morgan fingerprint density at radius 2 is 1.65 bits per heavy atom. The molecule has 0 N–H and O–H groups in total. The van der Waals surface area contributed by atoms with Gasteiger partial charge in [0.25, 0.3) is 0 Å². The number of thioether (sulfide) groups is 1. The molecule has 2 aromatic carbocycles. The summed E-state index contributed by atoms with van der Waals surface area (Å²) in [7, 11) is 0. The van der Waals surface area contributed by atoms with E-state index in [0.29, 0.717) is 5.75 Å². The molecule has 0 atom stereocenters. The van der Waals surface area contributed by atoms with Gasteiger partial charge in [0.05, 0.1) is 5.75 Å². The number of amides is 1. The maximum Gasteiger partial charge on any atom is 0.232 e. The highest BCUT2D eigenvalue weighted by Crippen LogP contribution is 2.25. The molecule has 1 saturated heterocycles. The van der Waals surface area contributed by atoms with Gasteiger partial charge in [0.1, 0.15) is 0 Å². The van der Waals surface area contributed by atoms with Crippen LogP contribution in [-0.4, -0.2) is 42.7 Å². The number of benzene rings is 2. The molecule has 3 rings (SSSR count). The first kappa shape index (κ1) is 19.4. The lowest BCUT2D eigenvalue weighted by Crippen LogP contribution is -2.49.